The summed E-state index contributed by atoms with van der Waals surface area (Å²) in [6.07, 6.45) is 0. The molecule has 3 nitrogen and oxygen atoms in total. The predicted octanol–water partition coefficient (Wildman–Crippen LogP) is -0.0897. The van der Waals surface area contributed by atoms with Crippen LogP contribution in [0.4, 0.5) is 0 Å². The van der Waals surface area contributed by atoms with Crippen molar-refractivity contribution in [1.82, 2.24) is 9.80 Å². The fourth-order valence-corrected chi connectivity index (χ4v) is 0.638. The molecule has 61 valence electrons. The molecule has 0 rings (SSSR count). The van der Waals surface area contributed by atoms with Gasteiger partial charge < -0.3 is 9.80 Å². The maximum Gasteiger partial charge on any atom is 0.0949 e. The Bertz CT molecular complexity index is 76.0. The zero-order chi connectivity index (χ0) is 7.98. The van der Waals surface area contributed by atoms with Crippen molar-refractivity contribution < 1.29 is 5.11 Å². The molecule has 0 bridgehead atoms. The smallest absolute Gasteiger partial charge is 0.0949 e. The van der Waals surface area contributed by atoms with Crippen LogP contribution in [0.1, 0.15) is 0 Å². The fourth-order valence-electron chi connectivity index (χ4n) is 0.638. The zero-order valence-electron chi connectivity index (χ0n) is 7.13. The molecule has 0 amide bonds. The van der Waals surface area contributed by atoms with Crippen LogP contribution in [0.3, 0.4) is 0 Å². The van der Waals surface area contributed by atoms with E-state index in [-0.39, 0.29) is 6.61 Å². The Morgan fingerprint density at radius 1 is 1.00 bits per heavy atom. The van der Waals surface area contributed by atoms with Gasteiger partial charge in [0.15, 0.2) is 0 Å². The Balaban J connectivity index is 3.12. The van der Waals surface area contributed by atoms with E-state index in [2.05, 4.69) is 4.90 Å². The SMILES string of the molecule is CN(C)CCN(C)CC[O]. The van der Waals surface area contributed by atoms with Crippen molar-refractivity contribution in [3.63, 3.8) is 0 Å². The lowest BCUT2D eigenvalue weighted by Gasteiger charge is -2.17. The van der Waals surface area contributed by atoms with Crippen LogP contribution in [0.2, 0.25) is 0 Å². The van der Waals surface area contributed by atoms with E-state index in [0.29, 0.717) is 6.54 Å². The van der Waals surface area contributed by atoms with Crippen LogP contribution < -0.4 is 0 Å². The van der Waals surface area contributed by atoms with E-state index in [1.54, 1.807) is 0 Å². The van der Waals surface area contributed by atoms with Gasteiger partial charge in [0.25, 0.3) is 0 Å². The molecule has 0 aliphatic heterocycles. The summed E-state index contributed by atoms with van der Waals surface area (Å²) in [4.78, 5) is 4.16. The summed E-state index contributed by atoms with van der Waals surface area (Å²) in [7, 11) is 6.04. The van der Waals surface area contributed by atoms with E-state index in [0.717, 1.165) is 13.1 Å². The third-order valence-corrected chi connectivity index (χ3v) is 1.40. The lowest BCUT2D eigenvalue weighted by molar-refractivity contribution is 0.149. The second kappa shape index (κ2) is 5.65. The predicted molar refractivity (Wildman–Crippen MR) is 41.6 cm³/mol. The molecule has 0 heterocycles. The Labute approximate surface area is 63.2 Å². The van der Waals surface area contributed by atoms with Crippen LogP contribution in [-0.2, 0) is 5.11 Å². The van der Waals surface area contributed by atoms with Gasteiger partial charge in [-0.3, -0.25) is 0 Å². The lowest BCUT2D eigenvalue weighted by atomic mass is 10.5. The molecule has 0 aliphatic carbocycles. The summed E-state index contributed by atoms with van der Waals surface area (Å²) in [6.45, 7) is 2.67. The largest absolute Gasteiger partial charge is 0.308 e. The molecular weight excluding hydrogens is 128 g/mol. The van der Waals surface area contributed by atoms with Gasteiger partial charge >= 0.3 is 0 Å². The normalized spacial score (nSPS) is 11.4. The Morgan fingerprint density at radius 3 is 2.00 bits per heavy atom. The summed E-state index contributed by atoms with van der Waals surface area (Å²) in [5.74, 6) is 0. The molecule has 0 aromatic heterocycles. The quantitative estimate of drug-likeness (QED) is 0.540. The molecular formula is C7H17N2O. The molecule has 0 aliphatic rings. The van der Waals surface area contributed by atoms with Crippen molar-refractivity contribution in [1.29, 1.82) is 0 Å². The topological polar surface area (TPSA) is 26.4 Å². The standard InChI is InChI=1S/C7H17N2O/c1-8(2)4-5-9(3)6-7-10/h4-7H2,1-3H3. The van der Waals surface area contributed by atoms with E-state index in [9.17, 15) is 5.11 Å². The Hall–Kier alpha value is -0.120. The van der Waals surface area contributed by atoms with E-state index in [4.69, 9.17) is 0 Å². The monoisotopic (exact) mass is 145 g/mol. The molecule has 0 fully saturated rings. The highest BCUT2D eigenvalue weighted by atomic mass is 16.3. The first-order valence-corrected chi connectivity index (χ1v) is 3.58. The first-order chi connectivity index (χ1) is 4.66. The van der Waals surface area contributed by atoms with Gasteiger partial charge in [0, 0.05) is 19.6 Å². The van der Waals surface area contributed by atoms with Gasteiger partial charge in [-0.2, -0.15) is 0 Å². The van der Waals surface area contributed by atoms with Crippen LogP contribution in [0, 0.1) is 0 Å². The number of nitrogens with zero attached hydrogens (tertiary/aromatic N) is 2. The molecule has 0 spiro atoms. The Morgan fingerprint density at radius 2 is 1.60 bits per heavy atom. The van der Waals surface area contributed by atoms with Gasteiger partial charge in [0.1, 0.15) is 0 Å². The van der Waals surface area contributed by atoms with E-state index < -0.39 is 0 Å². The van der Waals surface area contributed by atoms with Crippen LogP contribution in [0.5, 0.6) is 0 Å². The third kappa shape index (κ3) is 6.01. The maximum absolute atomic E-state index is 10.1. The number of hydrogen-bond acceptors (Lipinski definition) is 2. The van der Waals surface area contributed by atoms with Crippen molar-refractivity contribution in [2.24, 2.45) is 0 Å². The highest BCUT2D eigenvalue weighted by Gasteiger charge is 1.96. The van der Waals surface area contributed by atoms with Gasteiger partial charge in [0.05, 0.1) is 6.61 Å². The fraction of sp³-hybridized carbons (Fsp3) is 1.00. The van der Waals surface area contributed by atoms with Crippen molar-refractivity contribution in [3.8, 4) is 0 Å². The average molecular weight is 145 g/mol. The molecule has 0 saturated heterocycles. The first-order valence-electron chi connectivity index (χ1n) is 3.58. The van der Waals surface area contributed by atoms with Gasteiger partial charge in [-0.05, 0) is 21.1 Å². The Kier molecular flexibility index (Phi) is 5.58. The minimum atomic E-state index is 0.00390. The molecule has 0 saturated carbocycles. The minimum Gasteiger partial charge on any atom is -0.308 e. The highest BCUT2D eigenvalue weighted by Crippen LogP contribution is 1.81. The summed E-state index contributed by atoms with van der Waals surface area (Å²) in [5.41, 5.74) is 0. The average Bonchev–Trinajstić information content (AvgIpc) is 1.85. The first kappa shape index (κ1) is 9.88. The summed E-state index contributed by atoms with van der Waals surface area (Å²) >= 11 is 0. The molecule has 0 aromatic carbocycles. The summed E-state index contributed by atoms with van der Waals surface area (Å²) in [6, 6.07) is 0. The zero-order valence-corrected chi connectivity index (χ0v) is 7.13. The van der Waals surface area contributed by atoms with Crippen LogP contribution >= 0.6 is 0 Å². The van der Waals surface area contributed by atoms with Crippen LogP contribution in [0.25, 0.3) is 0 Å². The van der Waals surface area contributed by atoms with E-state index in [1.165, 1.54) is 0 Å². The van der Waals surface area contributed by atoms with Gasteiger partial charge in [-0.25, -0.2) is 5.11 Å². The molecule has 0 aromatic rings. The van der Waals surface area contributed by atoms with E-state index in [1.807, 2.05) is 26.0 Å². The summed E-state index contributed by atoms with van der Waals surface area (Å²) < 4.78 is 0. The van der Waals surface area contributed by atoms with Crippen molar-refractivity contribution >= 4 is 0 Å². The molecule has 1 radical (unpaired) electrons. The lowest BCUT2D eigenvalue weighted by Crippen LogP contribution is -2.30. The van der Waals surface area contributed by atoms with Crippen LogP contribution in [-0.4, -0.2) is 57.2 Å². The molecule has 0 N–H and O–H groups in total. The number of rotatable bonds is 5. The van der Waals surface area contributed by atoms with Crippen molar-refractivity contribution in [2.75, 3.05) is 47.4 Å². The van der Waals surface area contributed by atoms with Gasteiger partial charge in [-0.15, -0.1) is 0 Å². The number of likely N-dealkylation sites (N-methyl/N-ethyl adjacent to an activating group) is 2. The number of hydrogen-bond donors (Lipinski definition) is 0. The van der Waals surface area contributed by atoms with Crippen LogP contribution in [0.15, 0.2) is 0 Å². The van der Waals surface area contributed by atoms with Gasteiger partial charge in [0.2, 0.25) is 0 Å². The highest BCUT2D eigenvalue weighted by molar-refractivity contribution is 4.51. The van der Waals surface area contributed by atoms with Crippen molar-refractivity contribution in [2.45, 2.75) is 0 Å². The minimum absolute atomic E-state index is 0.00390. The second-order valence-electron chi connectivity index (χ2n) is 2.81. The molecule has 0 atom stereocenters. The second-order valence-corrected chi connectivity index (χ2v) is 2.81. The van der Waals surface area contributed by atoms with Gasteiger partial charge in [-0.1, -0.05) is 0 Å². The van der Waals surface area contributed by atoms with Crippen molar-refractivity contribution in [3.05, 3.63) is 0 Å². The molecule has 10 heavy (non-hydrogen) atoms. The molecule has 3 heteroatoms. The third-order valence-electron chi connectivity index (χ3n) is 1.40. The van der Waals surface area contributed by atoms with E-state index >= 15 is 0 Å². The maximum atomic E-state index is 10.1. The summed E-state index contributed by atoms with van der Waals surface area (Å²) in [5, 5.41) is 10.1. The molecule has 0 unspecified atom stereocenters.